The van der Waals surface area contributed by atoms with Gasteiger partial charge >= 0.3 is 0 Å². The zero-order valence-corrected chi connectivity index (χ0v) is 24.3. The Labute approximate surface area is 259 Å². The monoisotopic (exact) mass is 592 g/mol. The Balaban J connectivity index is 1.14. The number of imidazole rings is 1. The Morgan fingerprint density at radius 2 is 1.69 bits per heavy atom. The van der Waals surface area contributed by atoms with Crippen molar-refractivity contribution in [1.82, 2.24) is 39.3 Å². The van der Waals surface area contributed by atoms with E-state index in [0.29, 0.717) is 37.8 Å². The molecule has 6 aromatic rings. The average Bonchev–Trinajstić information content (AvgIpc) is 3.48. The summed E-state index contributed by atoms with van der Waals surface area (Å²) >= 11 is 0. The molecule has 1 amide bonds. The topological polar surface area (TPSA) is 143 Å². The minimum Gasteiger partial charge on any atom is -0.383 e. The molecular weight excluding hydrogens is 564 g/mol. The Bertz CT molecular complexity index is 2040. The second-order valence-corrected chi connectivity index (χ2v) is 10.7. The summed E-state index contributed by atoms with van der Waals surface area (Å²) in [7, 11) is 0. The number of benzene rings is 2. The quantitative estimate of drug-likeness (QED) is 0.299. The van der Waals surface area contributed by atoms with Crippen molar-refractivity contribution in [1.29, 1.82) is 5.26 Å². The van der Waals surface area contributed by atoms with Crippen LogP contribution in [0, 0.1) is 11.3 Å². The van der Waals surface area contributed by atoms with E-state index in [1.807, 2.05) is 65.2 Å². The van der Waals surface area contributed by atoms with Gasteiger partial charge in [-0.05, 0) is 42.0 Å². The van der Waals surface area contributed by atoms with Gasteiger partial charge in [-0.3, -0.25) is 14.3 Å². The lowest BCUT2D eigenvalue weighted by Crippen LogP contribution is -2.48. The van der Waals surface area contributed by atoms with Gasteiger partial charge in [-0.15, -0.1) is 0 Å². The number of rotatable bonds is 6. The summed E-state index contributed by atoms with van der Waals surface area (Å²) in [6, 6.07) is 28.2. The van der Waals surface area contributed by atoms with E-state index in [1.54, 1.807) is 11.1 Å². The highest BCUT2D eigenvalue weighted by Gasteiger charge is 2.25. The van der Waals surface area contributed by atoms with Gasteiger partial charge in [0.05, 0.1) is 11.3 Å². The smallest absolute Gasteiger partial charge is 0.274 e. The van der Waals surface area contributed by atoms with Crippen molar-refractivity contribution in [2.24, 2.45) is 0 Å². The molecule has 0 saturated carbocycles. The number of amides is 1. The minimum absolute atomic E-state index is 0.154. The van der Waals surface area contributed by atoms with Crippen molar-refractivity contribution in [3.63, 3.8) is 0 Å². The molecule has 2 N–H and O–H groups in total. The van der Waals surface area contributed by atoms with E-state index in [4.69, 9.17) is 15.7 Å². The summed E-state index contributed by atoms with van der Waals surface area (Å²) in [6.45, 7) is 3.27. The number of pyridine rings is 2. The number of piperazine rings is 1. The van der Waals surface area contributed by atoms with Crippen molar-refractivity contribution in [3.05, 3.63) is 114 Å². The zero-order chi connectivity index (χ0) is 30.8. The van der Waals surface area contributed by atoms with Crippen molar-refractivity contribution in [3.8, 4) is 34.4 Å². The van der Waals surface area contributed by atoms with E-state index in [9.17, 15) is 10.1 Å². The van der Waals surface area contributed by atoms with Crippen LogP contribution in [0.4, 0.5) is 5.82 Å². The standard InChI is InChI=1S/C34H28N10O/c35-19-25-20-37-22-39-30(25)34(45)43-17-15-42(16-18-43)21-23-8-10-26(11-9-23)44-32(27-7-4-14-38-31(27)36)41-29-13-12-28(40-33(29)44)24-5-2-1-3-6-24/h1-14,20,22H,15-18,21H2,(H2,36,38). The molecule has 4 aromatic heterocycles. The minimum atomic E-state index is -0.236. The van der Waals surface area contributed by atoms with Crippen LogP contribution in [-0.2, 0) is 6.54 Å². The van der Waals surface area contributed by atoms with E-state index in [2.05, 4.69) is 44.1 Å². The van der Waals surface area contributed by atoms with E-state index >= 15 is 0 Å². The van der Waals surface area contributed by atoms with Crippen molar-refractivity contribution < 1.29 is 4.79 Å². The van der Waals surface area contributed by atoms with Gasteiger partial charge in [-0.2, -0.15) is 5.26 Å². The van der Waals surface area contributed by atoms with Crippen molar-refractivity contribution in [2.45, 2.75) is 6.54 Å². The lowest BCUT2D eigenvalue weighted by molar-refractivity contribution is 0.0622. The van der Waals surface area contributed by atoms with E-state index in [1.165, 1.54) is 12.5 Å². The molecule has 1 saturated heterocycles. The molecule has 0 radical (unpaired) electrons. The van der Waals surface area contributed by atoms with Crippen molar-refractivity contribution in [2.75, 3.05) is 31.9 Å². The lowest BCUT2D eigenvalue weighted by atomic mass is 10.1. The molecule has 11 heteroatoms. The fourth-order valence-corrected chi connectivity index (χ4v) is 5.61. The van der Waals surface area contributed by atoms with Crippen LogP contribution < -0.4 is 5.73 Å². The number of nitrogen functional groups attached to an aromatic ring is 1. The third-order valence-corrected chi connectivity index (χ3v) is 7.95. The van der Waals surface area contributed by atoms with Crippen LogP contribution in [0.2, 0.25) is 0 Å². The normalized spacial score (nSPS) is 13.5. The van der Waals surface area contributed by atoms with Gasteiger partial charge in [0.15, 0.2) is 11.5 Å². The highest BCUT2D eigenvalue weighted by molar-refractivity contribution is 5.94. The number of carbonyl (C=O) groups is 1. The van der Waals surface area contributed by atoms with Crippen LogP contribution in [0.15, 0.2) is 97.6 Å². The molecule has 0 aliphatic carbocycles. The molecule has 0 bridgehead atoms. The molecule has 11 nitrogen and oxygen atoms in total. The predicted molar refractivity (Wildman–Crippen MR) is 170 cm³/mol. The second kappa shape index (κ2) is 11.9. The highest BCUT2D eigenvalue weighted by Crippen LogP contribution is 2.32. The number of carbonyl (C=O) groups excluding carboxylic acids is 1. The maximum Gasteiger partial charge on any atom is 0.274 e. The first-order valence-electron chi connectivity index (χ1n) is 14.6. The molecule has 0 atom stereocenters. The molecule has 0 unspecified atom stereocenters. The van der Waals surface area contributed by atoms with E-state index in [-0.39, 0.29) is 17.2 Å². The summed E-state index contributed by atoms with van der Waals surface area (Å²) in [5, 5.41) is 9.32. The number of hydrogen-bond acceptors (Lipinski definition) is 9. The predicted octanol–water partition coefficient (Wildman–Crippen LogP) is 4.35. The summed E-state index contributed by atoms with van der Waals surface area (Å²) < 4.78 is 2.03. The Morgan fingerprint density at radius 3 is 2.44 bits per heavy atom. The van der Waals surface area contributed by atoms with Gasteiger partial charge in [0, 0.05) is 56.4 Å². The van der Waals surface area contributed by atoms with Gasteiger partial charge in [0.25, 0.3) is 5.91 Å². The van der Waals surface area contributed by atoms with Crippen LogP contribution in [0.1, 0.15) is 21.6 Å². The number of nitrogens with zero attached hydrogens (tertiary/aromatic N) is 9. The highest BCUT2D eigenvalue weighted by atomic mass is 16.2. The first kappa shape index (κ1) is 27.8. The summed E-state index contributed by atoms with van der Waals surface area (Å²) in [6.07, 6.45) is 4.34. The molecule has 0 spiro atoms. The van der Waals surface area contributed by atoms with Crippen LogP contribution in [-0.4, -0.2) is 71.4 Å². The summed E-state index contributed by atoms with van der Waals surface area (Å²) in [5.41, 5.74) is 12.8. The molecular formula is C34H28N10O. The Hall–Kier alpha value is -5.99. The number of anilines is 1. The molecule has 2 aromatic carbocycles. The SMILES string of the molecule is N#Cc1cncnc1C(=O)N1CCN(Cc2ccc(-n3c(-c4cccnc4N)nc4ccc(-c5ccccc5)nc43)cc2)CC1. The average molecular weight is 593 g/mol. The zero-order valence-electron chi connectivity index (χ0n) is 24.3. The van der Waals surface area contributed by atoms with E-state index < -0.39 is 0 Å². The third kappa shape index (κ3) is 5.46. The molecule has 1 aliphatic rings. The molecule has 1 aliphatic heterocycles. The van der Waals surface area contributed by atoms with Gasteiger partial charge in [0.1, 0.15) is 35.0 Å². The first-order valence-corrected chi connectivity index (χ1v) is 14.6. The maximum absolute atomic E-state index is 13.0. The molecule has 45 heavy (non-hydrogen) atoms. The van der Waals surface area contributed by atoms with Crippen LogP contribution in [0.5, 0.6) is 0 Å². The Kier molecular flexibility index (Phi) is 7.39. The summed E-state index contributed by atoms with van der Waals surface area (Å²) in [5.74, 6) is 0.833. The number of fused-ring (bicyclic) bond motifs is 1. The van der Waals surface area contributed by atoms with Gasteiger partial charge in [0.2, 0.25) is 0 Å². The van der Waals surface area contributed by atoms with Crippen molar-refractivity contribution >= 4 is 22.9 Å². The number of nitrogens with two attached hydrogens (primary N) is 1. The maximum atomic E-state index is 13.0. The molecule has 5 heterocycles. The van der Waals surface area contributed by atoms with Crippen LogP contribution in [0.25, 0.3) is 39.5 Å². The Morgan fingerprint density at radius 1 is 0.889 bits per heavy atom. The van der Waals surface area contributed by atoms with E-state index in [0.717, 1.165) is 45.8 Å². The number of hydrogen-bond donors (Lipinski definition) is 1. The summed E-state index contributed by atoms with van der Waals surface area (Å²) in [4.78, 5) is 39.2. The lowest BCUT2D eigenvalue weighted by Gasteiger charge is -2.34. The molecule has 220 valence electrons. The first-order chi connectivity index (χ1) is 22.1. The van der Waals surface area contributed by atoms with Crippen LogP contribution in [0.3, 0.4) is 0 Å². The molecule has 7 rings (SSSR count). The number of nitriles is 1. The fraction of sp³-hybridized carbons (Fsp3) is 0.147. The van der Waals surface area contributed by atoms with Gasteiger partial charge in [-0.25, -0.2) is 24.9 Å². The fourth-order valence-electron chi connectivity index (χ4n) is 5.61. The molecule has 1 fully saturated rings. The van der Waals surface area contributed by atoms with Crippen LogP contribution >= 0.6 is 0 Å². The van der Waals surface area contributed by atoms with Gasteiger partial charge in [-0.1, -0.05) is 42.5 Å². The second-order valence-electron chi connectivity index (χ2n) is 10.7. The third-order valence-electron chi connectivity index (χ3n) is 7.95. The number of aromatic nitrogens is 6. The van der Waals surface area contributed by atoms with Gasteiger partial charge < -0.3 is 10.6 Å². The largest absolute Gasteiger partial charge is 0.383 e.